The molecule has 2 unspecified atom stereocenters. The number of carbonyl (C=O) groups is 1. The third-order valence-corrected chi connectivity index (χ3v) is 8.70. The first kappa shape index (κ1) is 24.9. The van der Waals surface area contributed by atoms with Crippen LogP contribution in [0.4, 0.5) is 0 Å². The van der Waals surface area contributed by atoms with E-state index in [9.17, 15) is 10.1 Å². The zero-order valence-electron chi connectivity index (χ0n) is 22.1. The van der Waals surface area contributed by atoms with E-state index in [1.54, 1.807) is 17.1 Å². The van der Waals surface area contributed by atoms with Gasteiger partial charge in [0, 0.05) is 44.6 Å². The second-order valence-corrected chi connectivity index (χ2v) is 11.1. The molecule has 8 heteroatoms. The Kier molecular flexibility index (Phi) is 6.58. The van der Waals surface area contributed by atoms with Crippen LogP contribution in [-0.4, -0.2) is 62.3 Å². The lowest BCUT2D eigenvalue weighted by Gasteiger charge is -2.40. The molecule has 2 atom stereocenters. The Morgan fingerprint density at radius 2 is 1.92 bits per heavy atom. The molecular formula is C30H34N6O2. The predicted octanol–water partition coefficient (Wildman–Crippen LogP) is 4.31. The fraction of sp³-hybridized carbons (Fsp3) is 0.500. The highest BCUT2D eigenvalue weighted by atomic mass is 16.5. The number of ether oxygens (including phenoxy) is 1. The van der Waals surface area contributed by atoms with Gasteiger partial charge in [-0.25, -0.2) is 9.67 Å². The number of pyridine rings is 2. The van der Waals surface area contributed by atoms with Gasteiger partial charge < -0.3 is 4.74 Å². The van der Waals surface area contributed by atoms with Crippen molar-refractivity contribution in [1.82, 2.24) is 24.6 Å². The number of aromatic nitrogens is 4. The Morgan fingerprint density at radius 3 is 2.53 bits per heavy atom. The van der Waals surface area contributed by atoms with Crippen molar-refractivity contribution in [2.75, 3.05) is 19.7 Å². The zero-order chi connectivity index (χ0) is 26.3. The fourth-order valence-electron chi connectivity index (χ4n) is 6.05. The van der Waals surface area contributed by atoms with Crippen LogP contribution in [0.1, 0.15) is 77.8 Å². The maximum atomic E-state index is 13.2. The Bertz CT molecular complexity index is 1340. The van der Waals surface area contributed by atoms with E-state index in [-0.39, 0.29) is 18.3 Å². The van der Waals surface area contributed by atoms with Gasteiger partial charge in [-0.2, -0.15) is 10.4 Å². The number of rotatable bonds is 7. The molecular weight excluding hydrogens is 476 g/mol. The van der Waals surface area contributed by atoms with Crippen LogP contribution in [-0.2, 0) is 16.6 Å². The zero-order valence-corrected chi connectivity index (χ0v) is 22.1. The van der Waals surface area contributed by atoms with Gasteiger partial charge in [0.05, 0.1) is 35.3 Å². The van der Waals surface area contributed by atoms with Crippen LogP contribution < -0.4 is 0 Å². The van der Waals surface area contributed by atoms with Gasteiger partial charge in [0.25, 0.3) is 0 Å². The van der Waals surface area contributed by atoms with Crippen LogP contribution in [0.3, 0.4) is 0 Å². The number of Topliss-reactive ketones (excluding diaryl/α,β-unsaturated/α-hetero) is 1. The van der Waals surface area contributed by atoms with Crippen molar-refractivity contribution in [3.05, 3.63) is 70.9 Å². The van der Waals surface area contributed by atoms with Gasteiger partial charge in [-0.05, 0) is 75.1 Å². The van der Waals surface area contributed by atoms with Crippen molar-refractivity contribution in [3.8, 4) is 11.9 Å². The van der Waals surface area contributed by atoms with Crippen molar-refractivity contribution in [2.24, 2.45) is 0 Å². The van der Waals surface area contributed by atoms with Crippen molar-refractivity contribution in [1.29, 1.82) is 5.26 Å². The normalized spacial score (nSPS) is 23.3. The largest absolute Gasteiger partial charge is 0.377 e. The topological polar surface area (TPSA) is 96.9 Å². The summed E-state index contributed by atoms with van der Waals surface area (Å²) in [5.41, 5.74) is 3.70. The van der Waals surface area contributed by atoms with Crippen LogP contribution in [0, 0.1) is 18.3 Å². The van der Waals surface area contributed by atoms with E-state index in [1.807, 2.05) is 31.3 Å². The molecule has 0 spiro atoms. The SMILES string of the molecule is Cc1c(C(=O)Cc2ccc(C3(C#N)CCN(C4CCOC4C)CC3)nc2)cnn1-c1ccc(C2CC2)cn1. The van der Waals surface area contributed by atoms with Gasteiger partial charge in [0.2, 0.25) is 0 Å². The first-order valence-corrected chi connectivity index (χ1v) is 13.7. The van der Waals surface area contributed by atoms with Gasteiger partial charge in [0.1, 0.15) is 5.41 Å². The summed E-state index contributed by atoms with van der Waals surface area (Å²) < 4.78 is 7.48. The lowest BCUT2D eigenvalue weighted by Crippen LogP contribution is -2.48. The van der Waals surface area contributed by atoms with Gasteiger partial charge in [0.15, 0.2) is 11.6 Å². The standard InChI is InChI=1S/C30H34N6O2/c1-20-25(18-34-36(20)29-8-6-24(17-33-29)23-4-5-23)27(37)15-22-3-7-28(32-16-22)30(19-31)10-12-35(13-11-30)26-9-14-38-21(26)2/h3,6-8,16-18,21,23,26H,4-5,9-15H2,1-2H3. The number of nitriles is 1. The third kappa shape index (κ3) is 4.65. The molecule has 1 saturated carbocycles. The molecule has 3 aliphatic rings. The first-order chi connectivity index (χ1) is 18.5. The molecule has 0 radical (unpaired) electrons. The highest BCUT2D eigenvalue weighted by Gasteiger charge is 2.41. The summed E-state index contributed by atoms with van der Waals surface area (Å²) in [6, 6.07) is 11.0. The Labute approximate surface area is 223 Å². The van der Waals surface area contributed by atoms with E-state index in [2.05, 4.69) is 39.0 Å². The second kappa shape index (κ2) is 10.0. The second-order valence-electron chi connectivity index (χ2n) is 11.1. The number of likely N-dealkylation sites (tertiary alicyclic amines) is 1. The number of carbonyl (C=O) groups excluding carboxylic acids is 1. The number of ketones is 1. The van der Waals surface area contributed by atoms with E-state index in [1.165, 1.54) is 18.4 Å². The summed E-state index contributed by atoms with van der Waals surface area (Å²) in [4.78, 5) is 24.9. The lowest BCUT2D eigenvalue weighted by molar-refractivity contribution is 0.0570. The minimum atomic E-state index is -0.582. The summed E-state index contributed by atoms with van der Waals surface area (Å²) in [6.45, 7) is 6.60. The van der Waals surface area contributed by atoms with Crippen LogP contribution in [0.25, 0.3) is 5.82 Å². The average Bonchev–Trinajstić information content (AvgIpc) is 3.60. The molecule has 0 bridgehead atoms. The van der Waals surface area contributed by atoms with Crippen LogP contribution >= 0.6 is 0 Å². The summed E-state index contributed by atoms with van der Waals surface area (Å²) in [7, 11) is 0. The Balaban J connectivity index is 1.11. The molecule has 2 saturated heterocycles. The molecule has 3 fully saturated rings. The lowest BCUT2D eigenvalue weighted by atomic mass is 9.76. The van der Waals surface area contributed by atoms with E-state index >= 15 is 0 Å². The minimum Gasteiger partial charge on any atom is -0.377 e. The number of piperidine rings is 1. The molecule has 3 aromatic rings. The molecule has 3 aromatic heterocycles. The molecule has 2 aliphatic heterocycles. The highest BCUT2D eigenvalue weighted by Crippen LogP contribution is 2.40. The molecule has 6 rings (SSSR count). The number of hydrogen-bond donors (Lipinski definition) is 0. The summed E-state index contributed by atoms with van der Waals surface area (Å²) >= 11 is 0. The average molecular weight is 511 g/mol. The maximum Gasteiger partial charge on any atom is 0.170 e. The van der Waals surface area contributed by atoms with E-state index in [0.717, 1.165) is 61.7 Å². The van der Waals surface area contributed by atoms with Gasteiger partial charge in [-0.3, -0.25) is 14.7 Å². The molecule has 196 valence electrons. The molecule has 0 aromatic carbocycles. The Morgan fingerprint density at radius 1 is 1.11 bits per heavy atom. The van der Waals surface area contributed by atoms with E-state index in [0.29, 0.717) is 17.5 Å². The molecule has 1 aliphatic carbocycles. The molecule has 0 amide bonds. The molecule has 5 heterocycles. The van der Waals surface area contributed by atoms with E-state index < -0.39 is 5.41 Å². The monoisotopic (exact) mass is 510 g/mol. The predicted molar refractivity (Wildman–Crippen MR) is 142 cm³/mol. The molecule has 8 nitrogen and oxygen atoms in total. The fourth-order valence-corrected chi connectivity index (χ4v) is 6.05. The third-order valence-electron chi connectivity index (χ3n) is 8.70. The quantitative estimate of drug-likeness (QED) is 0.437. The maximum absolute atomic E-state index is 13.2. The van der Waals surface area contributed by atoms with Crippen LogP contribution in [0.5, 0.6) is 0 Å². The van der Waals surface area contributed by atoms with Crippen molar-refractivity contribution < 1.29 is 9.53 Å². The van der Waals surface area contributed by atoms with Crippen molar-refractivity contribution >= 4 is 5.78 Å². The van der Waals surface area contributed by atoms with Gasteiger partial charge >= 0.3 is 0 Å². The summed E-state index contributed by atoms with van der Waals surface area (Å²) in [6.07, 6.45) is 10.8. The first-order valence-electron chi connectivity index (χ1n) is 13.7. The smallest absolute Gasteiger partial charge is 0.170 e. The van der Waals surface area contributed by atoms with Crippen molar-refractivity contribution in [3.63, 3.8) is 0 Å². The van der Waals surface area contributed by atoms with Crippen LogP contribution in [0.2, 0.25) is 0 Å². The summed E-state index contributed by atoms with van der Waals surface area (Å²) in [5, 5.41) is 14.6. The number of hydrogen-bond acceptors (Lipinski definition) is 7. The van der Waals surface area contributed by atoms with E-state index in [4.69, 9.17) is 4.74 Å². The van der Waals surface area contributed by atoms with Crippen molar-refractivity contribution in [2.45, 2.75) is 75.9 Å². The van der Waals surface area contributed by atoms with Gasteiger partial charge in [-0.15, -0.1) is 0 Å². The summed E-state index contributed by atoms with van der Waals surface area (Å²) in [5.74, 6) is 1.37. The Hall–Kier alpha value is -3.41. The van der Waals surface area contributed by atoms with Crippen LogP contribution in [0.15, 0.2) is 42.9 Å². The molecule has 38 heavy (non-hydrogen) atoms. The van der Waals surface area contributed by atoms with Gasteiger partial charge in [-0.1, -0.05) is 12.1 Å². The number of nitrogens with zero attached hydrogens (tertiary/aromatic N) is 6. The molecule has 0 N–H and O–H groups in total. The highest BCUT2D eigenvalue weighted by molar-refractivity contribution is 5.98. The minimum absolute atomic E-state index is 0.00546.